The van der Waals surface area contributed by atoms with Crippen LogP contribution in [0.5, 0.6) is 0 Å². The molecule has 4 nitrogen and oxygen atoms in total. The Labute approximate surface area is 121 Å². The Balaban J connectivity index is 2.24. The Bertz CT molecular complexity index is 736. The van der Waals surface area contributed by atoms with Crippen molar-refractivity contribution in [2.24, 2.45) is 7.05 Å². The molecule has 0 unspecified atom stereocenters. The maximum absolute atomic E-state index is 6.20. The second kappa shape index (κ2) is 4.76. The fourth-order valence-corrected chi connectivity index (χ4v) is 3.23. The molecule has 5 heteroatoms. The Morgan fingerprint density at radius 3 is 2.50 bits per heavy atom. The van der Waals surface area contributed by atoms with E-state index in [1.165, 1.54) is 10.4 Å². The van der Waals surface area contributed by atoms with Gasteiger partial charge in [-0.15, -0.1) is 11.3 Å². The molecule has 0 atom stereocenters. The first-order valence-electron chi connectivity index (χ1n) is 6.38. The van der Waals surface area contributed by atoms with Crippen LogP contribution in [-0.2, 0) is 7.05 Å². The van der Waals surface area contributed by atoms with E-state index in [-0.39, 0.29) is 0 Å². The van der Waals surface area contributed by atoms with Gasteiger partial charge in [0.25, 0.3) is 0 Å². The summed E-state index contributed by atoms with van der Waals surface area (Å²) in [4.78, 5) is 6.52. The van der Waals surface area contributed by atoms with Crippen molar-refractivity contribution in [1.29, 1.82) is 0 Å². The number of nitrogens with two attached hydrogens (primary N) is 1. The number of hydrogen-bond donors (Lipinski definition) is 1. The molecule has 0 spiro atoms. The molecular formula is C15H16N4S. The normalized spacial score (nSPS) is 10.9. The SMILES string of the molecule is Cc1cc(-c2nn(C)c(N)c2-c2ccncc2)sc1C. The number of aryl methyl sites for hydroxylation is 3. The Morgan fingerprint density at radius 1 is 1.20 bits per heavy atom. The van der Waals surface area contributed by atoms with Gasteiger partial charge in [-0.3, -0.25) is 9.67 Å². The quantitative estimate of drug-likeness (QED) is 0.784. The van der Waals surface area contributed by atoms with Crippen molar-refractivity contribution in [3.05, 3.63) is 41.0 Å². The zero-order chi connectivity index (χ0) is 14.3. The summed E-state index contributed by atoms with van der Waals surface area (Å²) in [5.41, 5.74) is 10.5. The molecule has 20 heavy (non-hydrogen) atoms. The van der Waals surface area contributed by atoms with Crippen LogP contribution in [0.4, 0.5) is 5.82 Å². The molecule has 0 saturated heterocycles. The predicted octanol–water partition coefficient (Wildman–Crippen LogP) is 3.41. The molecule has 0 bridgehead atoms. The van der Waals surface area contributed by atoms with Crippen molar-refractivity contribution in [3.8, 4) is 21.7 Å². The molecule has 0 aliphatic carbocycles. The molecule has 3 aromatic heterocycles. The molecule has 0 aliphatic heterocycles. The van der Waals surface area contributed by atoms with E-state index in [2.05, 4.69) is 30.0 Å². The van der Waals surface area contributed by atoms with Gasteiger partial charge in [0, 0.05) is 24.3 Å². The highest BCUT2D eigenvalue weighted by Crippen LogP contribution is 2.39. The Kier molecular flexibility index (Phi) is 3.06. The molecule has 0 aromatic carbocycles. The van der Waals surface area contributed by atoms with Crippen LogP contribution in [0.25, 0.3) is 21.7 Å². The zero-order valence-electron chi connectivity index (χ0n) is 11.7. The average molecular weight is 284 g/mol. The molecule has 0 amide bonds. The monoisotopic (exact) mass is 284 g/mol. The van der Waals surface area contributed by atoms with Gasteiger partial charge in [-0.05, 0) is 43.2 Å². The molecule has 0 saturated carbocycles. The first-order valence-corrected chi connectivity index (χ1v) is 7.20. The molecule has 3 heterocycles. The number of aromatic nitrogens is 3. The van der Waals surface area contributed by atoms with Crippen molar-refractivity contribution in [2.45, 2.75) is 13.8 Å². The highest BCUT2D eigenvalue weighted by Gasteiger charge is 2.19. The molecule has 3 aromatic rings. The van der Waals surface area contributed by atoms with Gasteiger partial charge >= 0.3 is 0 Å². The largest absolute Gasteiger partial charge is 0.383 e. The summed E-state index contributed by atoms with van der Waals surface area (Å²) >= 11 is 1.75. The lowest BCUT2D eigenvalue weighted by molar-refractivity contribution is 0.783. The lowest BCUT2D eigenvalue weighted by atomic mass is 10.1. The molecule has 102 valence electrons. The van der Waals surface area contributed by atoms with Crippen molar-refractivity contribution in [2.75, 3.05) is 5.73 Å². The summed E-state index contributed by atoms with van der Waals surface area (Å²) in [6.45, 7) is 4.25. The average Bonchev–Trinajstić information content (AvgIpc) is 2.93. The van der Waals surface area contributed by atoms with Crippen molar-refractivity contribution in [1.82, 2.24) is 14.8 Å². The smallest absolute Gasteiger partial charge is 0.129 e. The topological polar surface area (TPSA) is 56.7 Å². The highest BCUT2D eigenvalue weighted by molar-refractivity contribution is 7.15. The van der Waals surface area contributed by atoms with Crippen molar-refractivity contribution >= 4 is 17.2 Å². The van der Waals surface area contributed by atoms with Gasteiger partial charge in [0.1, 0.15) is 11.5 Å². The minimum absolute atomic E-state index is 0.676. The van der Waals surface area contributed by atoms with Gasteiger partial charge in [-0.1, -0.05) is 0 Å². The first kappa shape index (κ1) is 12.9. The fraction of sp³-hybridized carbons (Fsp3) is 0.200. The van der Waals surface area contributed by atoms with E-state index >= 15 is 0 Å². The lowest BCUT2D eigenvalue weighted by Gasteiger charge is -2.02. The summed E-state index contributed by atoms with van der Waals surface area (Å²) < 4.78 is 1.73. The minimum Gasteiger partial charge on any atom is -0.383 e. The van der Waals surface area contributed by atoms with Gasteiger partial charge in [0.15, 0.2) is 0 Å². The summed E-state index contributed by atoms with van der Waals surface area (Å²) in [6, 6.07) is 6.10. The number of nitrogen functional groups attached to an aromatic ring is 1. The fourth-order valence-electron chi connectivity index (χ4n) is 2.20. The third kappa shape index (κ3) is 2.00. The summed E-state index contributed by atoms with van der Waals surface area (Å²) in [6.07, 6.45) is 3.55. The first-order chi connectivity index (χ1) is 9.58. The Hall–Kier alpha value is -2.14. The number of rotatable bonds is 2. The third-order valence-electron chi connectivity index (χ3n) is 3.46. The second-order valence-corrected chi connectivity index (χ2v) is 6.07. The Morgan fingerprint density at radius 2 is 1.90 bits per heavy atom. The number of nitrogens with zero attached hydrogens (tertiary/aromatic N) is 3. The van der Waals surface area contributed by atoms with Crippen LogP contribution in [0, 0.1) is 13.8 Å². The lowest BCUT2D eigenvalue weighted by Crippen LogP contribution is -1.97. The number of pyridine rings is 1. The van der Waals surface area contributed by atoms with Gasteiger partial charge in [0.05, 0.1) is 10.4 Å². The van der Waals surface area contributed by atoms with E-state index in [9.17, 15) is 0 Å². The van der Waals surface area contributed by atoms with Crippen LogP contribution in [-0.4, -0.2) is 14.8 Å². The van der Waals surface area contributed by atoms with Crippen molar-refractivity contribution < 1.29 is 0 Å². The number of thiophene rings is 1. The van der Waals surface area contributed by atoms with Gasteiger partial charge in [-0.25, -0.2) is 0 Å². The summed E-state index contributed by atoms with van der Waals surface area (Å²) in [5, 5.41) is 4.59. The van der Waals surface area contributed by atoms with Crippen LogP contribution in [0.3, 0.4) is 0 Å². The van der Waals surface area contributed by atoms with Crippen LogP contribution >= 0.6 is 11.3 Å². The highest BCUT2D eigenvalue weighted by atomic mass is 32.1. The van der Waals surface area contributed by atoms with Crippen LogP contribution in [0.2, 0.25) is 0 Å². The standard InChI is InChI=1S/C15H16N4S/c1-9-8-12(20-10(9)2)14-13(15(16)19(3)18-14)11-4-6-17-7-5-11/h4-8H,16H2,1-3H3. The van der Waals surface area contributed by atoms with E-state index in [1.54, 1.807) is 28.4 Å². The third-order valence-corrected chi connectivity index (χ3v) is 4.62. The molecular weight excluding hydrogens is 268 g/mol. The van der Waals surface area contributed by atoms with E-state index in [0.717, 1.165) is 21.7 Å². The maximum atomic E-state index is 6.20. The maximum Gasteiger partial charge on any atom is 0.129 e. The zero-order valence-corrected chi connectivity index (χ0v) is 12.5. The minimum atomic E-state index is 0.676. The second-order valence-electron chi connectivity index (χ2n) is 4.82. The molecule has 3 rings (SSSR count). The molecule has 0 radical (unpaired) electrons. The number of anilines is 1. The van der Waals surface area contributed by atoms with Crippen LogP contribution in [0.1, 0.15) is 10.4 Å². The molecule has 0 fully saturated rings. The predicted molar refractivity (Wildman–Crippen MR) is 83.6 cm³/mol. The summed E-state index contributed by atoms with van der Waals surface area (Å²) in [7, 11) is 1.87. The summed E-state index contributed by atoms with van der Waals surface area (Å²) in [5.74, 6) is 0.676. The number of hydrogen-bond acceptors (Lipinski definition) is 4. The molecule has 2 N–H and O–H groups in total. The van der Waals surface area contributed by atoms with E-state index in [0.29, 0.717) is 5.82 Å². The molecule has 0 aliphatic rings. The van der Waals surface area contributed by atoms with E-state index in [4.69, 9.17) is 5.73 Å². The van der Waals surface area contributed by atoms with E-state index in [1.807, 2.05) is 19.2 Å². The van der Waals surface area contributed by atoms with Gasteiger partial charge < -0.3 is 5.73 Å². The van der Waals surface area contributed by atoms with Gasteiger partial charge in [-0.2, -0.15) is 5.10 Å². The van der Waals surface area contributed by atoms with Crippen LogP contribution < -0.4 is 5.73 Å². The van der Waals surface area contributed by atoms with E-state index < -0.39 is 0 Å². The van der Waals surface area contributed by atoms with Crippen LogP contribution in [0.15, 0.2) is 30.6 Å². The van der Waals surface area contributed by atoms with Gasteiger partial charge in [0.2, 0.25) is 0 Å². The van der Waals surface area contributed by atoms with Crippen molar-refractivity contribution in [3.63, 3.8) is 0 Å².